The van der Waals surface area contributed by atoms with E-state index < -0.39 is 0 Å². The molecule has 5 heteroatoms. The first kappa shape index (κ1) is 13.4. The Morgan fingerprint density at radius 2 is 1.88 bits per heavy atom. The second-order valence-corrected chi connectivity index (χ2v) is 4.34. The normalized spacial score (nSPS) is 12.4. The van der Waals surface area contributed by atoms with Gasteiger partial charge in [0, 0.05) is 11.6 Å². The molecule has 0 bridgehead atoms. The van der Waals surface area contributed by atoms with Crippen molar-refractivity contribution < 1.29 is 9.47 Å². The molecule has 90 valence electrons. The van der Waals surface area contributed by atoms with Crippen LogP contribution in [0.5, 0.6) is 11.5 Å². The Morgan fingerprint density at radius 3 is 2.31 bits per heavy atom. The van der Waals surface area contributed by atoms with Gasteiger partial charge in [-0.2, -0.15) is 0 Å². The minimum Gasteiger partial charge on any atom is -0.495 e. The molecule has 0 aliphatic carbocycles. The Balaban J connectivity index is 3.29. The van der Waals surface area contributed by atoms with Crippen molar-refractivity contribution in [1.29, 1.82) is 0 Å². The van der Waals surface area contributed by atoms with Crippen LogP contribution in [0.15, 0.2) is 6.07 Å². The maximum absolute atomic E-state index is 6.09. The number of ether oxygens (including phenoxy) is 2. The predicted molar refractivity (Wildman–Crippen MR) is 66.9 cm³/mol. The number of rotatable bonds is 4. The zero-order valence-corrected chi connectivity index (χ0v) is 11.0. The van der Waals surface area contributed by atoms with Crippen LogP contribution >= 0.6 is 23.2 Å². The summed E-state index contributed by atoms with van der Waals surface area (Å²) in [7, 11) is 3.09. The number of halogens is 2. The molecule has 0 saturated heterocycles. The van der Waals surface area contributed by atoms with Crippen LogP contribution in [0.2, 0.25) is 10.0 Å². The topological polar surface area (TPSA) is 44.5 Å². The van der Waals surface area contributed by atoms with E-state index in [1.54, 1.807) is 20.3 Å². The summed E-state index contributed by atoms with van der Waals surface area (Å²) in [6.45, 7) is 1.91. The van der Waals surface area contributed by atoms with Crippen molar-refractivity contribution in [1.82, 2.24) is 0 Å². The third-order valence-corrected chi connectivity index (χ3v) is 3.00. The third kappa shape index (κ3) is 2.73. The molecule has 1 rings (SSSR count). The van der Waals surface area contributed by atoms with E-state index in [4.69, 9.17) is 38.4 Å². The highest BCUT2D eigenvalue weighted by Crippen LogP contribution is 2.41. The Bertz CT molecular complexity index is 381. The van der Waals surface area contributed by atoms with E-state index in [0.717, 1.165) is 5.56 Å². The van der Waals surface area contributed by atoms with Gasteiger partial charge in [-0.05, 0) is 19.4 Å². The van der Waals surface area contributed by atoms with Gasteiger partial charge in [0.05, 0.1) is 14.2 Å². The molecule has 0 aliphatic rings. The van der Waals surface area contributed by atoms with Gasteiger partial charge in [0.2, 0.25) is 0 Å². The SMILES string of the molecule is COc1cc(CC(C)N)c(OC)c(Cl)c1Cl. The van der Waals surface area contributed by atoms with E-state index >= 15 is 0 Å². The molecule has 1 aromatic rings. The van der Waals surface area contributed by atoms with Crippen LogP contribution in [0.4, 0.5) is 0 Å². The molecule has 3 nitrogen and oxygen atoms in total. The van der Waals surface area contributed by atoms with Crippen LogP contribution in [0, 0.1) is 0 Å². The van der Waals surface area contributed by atoms with Gasteiger partial charge in [0.1, 0.15) is 21.5 Å². The lowest BCUT2D eigenvalue weighted by molar-refractivity contribution is 0.398. The Kier molecular flexibility index (Phi) is 4.71. The summed E-state index contributed by atoms with van der Waals surface area (Å²) in [5.74, 6) is 1.09. The number of hydrogen-bond acceptors (Lipinski definition) is 3. The molecular weight excluding hydrogens is 249 g/mol. The van der Waals surface area contributed by atoms with E-state index in [0.29, 0.717) is 28.0 Å². The fourth-order valence-corrected chi connectivity index (χ4v) is 2.01. The molecule has 0 amide bonds. The van der Waals surface area contributed by atoms with Gasteiger partial charge in [0.15, 0.2) is 0 Å². The van der Waals surface area contributed by atoms with Crippen molar-refractivity contribution in [2.45, 2.75) is 19.4 Å². The lowest BCUT2D eigenvalue weighted by Gasteiger charge is -2.15. The van der Waals surface area contributed by atoms with Gasteiger partial charge in [-0.15, -0.1) is 0 Å². The Morgan fingerprint density at radius 1 is 1.25 bits per heavy atom. The second kappa shape index (κ2) is 5.62. The fraction of sp³-hybridized carbons (Fsp3) is 0.455. The molecule has 2 N–H and O–H groups in total. The zero-order valence-electron chi connectivity index (χ0n) is 9.51. The van der Waals surface area contributed by atoms with Gasteiger partial charge in [-0.1, -0.05) is 23.2 Å². The first-order valence-electron chi connectivity index (χ1n) is 4.85. The van der Waals surface area contributed by atoms with Crippen molar-refractivity contribution in [3.8, 4) is 11.5 Å². The molecular formula is C11H15Cl2NO2. The molecule has 0 saturated carbocycles. The molecule has 0 radical (unpaired) electrons. The molecule has 16 heavy (non-hydrogen) atoms. The molecule has 0 heterocycles. The van der Waals surface area contributed by atoms with Crippen LogP contribution in [0.25, 0.3) is 0 Å². The summed E-state index contributed by atoms with van der Waals surface area (Å²) in [4.78, 5) is 0. The molecule has 1 aromatic carbocycles. The minimum absolute atomic E-state index is 0.0100. The predicted octanol–water partition coefficient (Wildman–Crippen LogP) is 2.90. The monoisotopic (exact) mass is 263 g/mol. The molecule has 0 spiro atoms. The molecule has 0 aromatic heterocycles. The van der Waals surface area contributed by atoms with Crippen LogP contribution in [0.3, 0.4) is 0 Å². The smallest absolute Gasteiger partial charge is 0.142 e. The van der Waals surface area contributed by atoms with E-state index in [1.807, 2.05) is 6.92 Å². The summed E-state index contributed by atoms with van der Waals surface area (Å²) in [6, 6.07) is 1.81. The summed E-state index contributed by atoms with van der Waals surface area (Å²) in [5.41, 5.74) is 6.65. The van der Waals surface area contributed by atoms with Gasteiger partial charge in [-0.25, -0.2) is 0 Å². The average molecular weight is 264 g/mol. The summed E-state index contributed by atoms with van der Waals surface area (Å²) in [6.07, 6.45) is 0.649. The third-order valence-electron chi connectivity index (χ3n) is 2.17. The van der Waals surface area contributed by atoms with Crippen molar-refractivity contribution in [2.24, 2.45) is 5.73 Å². The summed E-state index contributed by atoms with van der Waals surface area (Å²) >= 11 is 12.1. The van der Waals surface area contributed by atoms with Crippen molar-refractivity contribution in [2.75, 3.05) is 14.2 Å². The van der Waals surface area contributed by atoms with E-state index in [9.17, 15) is 0 Å². The van der Waals surface area contributed by atoms with Gasteiger partial charge in [-0.3, -0.25) is 0 Å². The van der Waals surface area contributed by atoms with Gasteiger partial charge in [0.25, 0.3) is 0 Å². The highest BCUT2D eigenvalue weighted by atomic mass is 35.5. The Hall–Kier alpha value is -0.640. The molecule has 0 aliphatic heterocycles. The standard InChI is InChI=1S/C11H15Cl2NO2/c1-6(14)4-7-5-8(15-2)9(12)10(13)11(7)16-3/h5-6H,4,14H2,1-3H3. The van der Waals surface area contributed by atoms with Crippen LogP contribution in [-0.2, 0) is 6.42 Å². The highest BCUT2D eigenvalue weighted by Gasteiger charge is 2.17. The van der Waals surface area contributed by atoms with E-state index in [1.165, 1.54) is 0 Å². The van der Waals surface area contributed by atoms with Gasteiger partial charge >= 0.3 is 0 Å². The summed E-state index contributed by atoms with van der Waals surface area (Å²) in [5, 5.41) is 0.716. The van der Waals surface area contributed by atoms with E-state index in [-0.39, 0.29) is 6.04 Å². The number of benzene rings is 1. The number of nitrogens with two attached hydrogens (primary N) is 1. The highest BCUT2D eigenvalue weighted by molar-refractivity contribution is 6.44. The first-order valence-corrected chi connectivity index (χ1v) is 5.61. The second-order valence-electron chi connectivity index (χ2n) is 3.58. The first-order chi connectivity index (χ1) is 7.51. The average Bonchev–Trinajstić information content (AvgIpc) is 2.23. The number of methoxy groups -OCH3 is 2. The lowest BCUT2D eigenvalue weighted by atomic mass is 10.1. The molecule has 1 unspecified atom stereocenters. The molecule has 0 fully saturated rings. The molecule has 1 atom stereocenters. The van der Waals surface area contributed by atoms with Gasteiger partial charge < -0.3 is 15.2 Å². The maximum atomic E-state index is 6.09. The van der Waals surface area contributed by atoms with E-state index in [2.05, 4.69) is 0 Å². The summed E-state index contributed by atoms with van der Waals surface area (Å²) < 4.78 is 10.4. The zero-order chi connectivity index (χ0) is 12.3. The van der Waals surface area contributed by atoms with Crippen LogP contribution < -0.4 is 15.2 Å². The quantitative estimate of drug-likeness (QED) is 0.909. The van der Waals surface area contributed by atoms with Crippen molar-refractivity contribution in [3.05, 3.63) is 21.7 Å². The lowest BCUT2D eigenvalue weighted by Crippen LogP contribution is -2.18. The Labute approximate surface area is 105 Å². The van der Waals surface area contributed by atoms with Crippen molar-refractivity contribution >= 4 is 23.2 Å². The fourth-order valence-electron chi connectivity index (χ4n) is 1.50. The van der Waals surface area contributed by atoms with Crippen molar-refractivity contribution in [3.63, 3.8) is 0 Å². The van der Waals surface area contributed by atoms with Crippen LogP contribution in [-0.4, -0.2) is 20.3 Å². The number of hydrogen-bond donors (Lipinski definition) is 1. The largest absolute Gasteiger partial charge is 0.495 e. The van der Waals surface area contributed by atoms with Crippen LogP contribution in [0.1, 0.15) is 12.5 Å². The maximum Gasteiger partial charge on any atom is 0.142 e. The minimum atomic E-state index is 0.0100.